The lowest BCUT2D eigenvalue weighted by Crippen LogP contribution is -2.14. The van der Waals surface area contributed by atoms with Gasteiger partial charge < -0.3 is 10.4 Å². The van der Waals surface area contributed by atoms with Crippen LogP contribution in [0.1, 0.15) is 12.2 Å². The van der Waals surface area contributed by atoms with Gasteiger partial charge in [0.15, 0.2) is 0 Å². The molecule has 1 aromatic heterocycles. The number of rotatable bonds is 7. The van der Waals surface area contributed by atoms with Gasteiger partial charge in [0.25, 0.3) is 0 Å². The van der Waals surface area contributed by atoms with E-state index in [4.69, 9.17) is 16.7 Å². The van der Waals surface area contributed by atoms with Gasteiger partial charge in [-0.2, -0.15) is 24.9 Å². The third-order valence-electron chi connectivity index (χ3n) is 1.95. The summed E-state index contributed by atoms with van der Waals surface area (Å²) in [6, 6.07) is 1.25. The Balaban J connectivity index is 2.48. The van der Waals surface area contributed by atoms with Crippen molar-refractivity contribution in [3.63, 3.8) is 0 Å². The Morgan fingerprint density at radius 1 is 1.32 bits per heavy atom. The first kappa shape index (κ1) is 16.3. The van der Waals surface area contributed by atoms with E-state index < -0.39 is 12.0 Å². The molecule has 0 aromatic carbocycles. The van der Waals surface area contributed by atoms with E-state index in [9.17, 15) is 13.2 Å². The Hall–Kier alpha value is -0.730. The molecule has 108 valence electrons. The third-order valence-corrected chi connectivity index (χ3v) is 3.21. The van der Waals surface area contributed by atoms with Gasteiger partial charge in [-0.3, -0.25) is 0 Å². The zero-order valence-corrected chi connectivity index (χ0v) is 11.4. The number of aromatic nitrogens is 2. The number of nitrogens with zero attached hydrogens (tertiary/aromatic N) is 2. The lowest BCUT2D eigenvalue weighted by atomic mass is 10.5. The fourth-order valence-electron chi connectivity index (χ4n) is 1.15. The topological polar surface area (TPSA) is 58.0 Å². The maximum atomic E-state index is 12.4. The summed E-state index contributed by atoms with van der Waals surface area (Å²) in [4.78, 5) is 6.49. The van der Waals surface area contributed by atoms with Crippen molar-refractivity contribution in [3.05, 3.63) is 17.0 Å². The quantitative estimate of drug-likeness (QED) is 0.598. The molecule has 0 unspecified atom stereocenters. The maximum absolute atomic E-state index is 12.4. The summed E-state index contributed by atoms with van der Waals surface area (Å²) in [6.45, 7) is 0.595. The number of halogens is 4. The summed E-state index contributed by atoms with van der Waals surface area (Å²) in [6.07, 6.45) is -3.92. The molecule has 0 amide bonds. The van der Waals surface area contributed by atoms with E-state index in [2.05, 4.69) is 15.3 Å². The third kappa shape index (κ3) is 6.31. The van der Waals surface area contributed by atoms with Gasteiger partial charge in [-0.1, -0.05) is 11.6 Å². The molecule has 0 fully saturated rings. The van der Waals surface area contributed by atoms with Crippen molar-refractivity contribution in [1.82, 2.24) is 9.97 Å². The van der Waals surface area contributed by atoms with Crippen LogP contribution < -0.4 is 5.32 Å². The molecule has 0 saturated heterocycles. The molecule has 0 aliphatic rings. The van der Waals surface area contributed by atoms with Gasteiger partial charge in [-0.25, -0.2) is 9.97 Å². The van der Waals surface area contributed by atoms with Crippen LogP contribution in [-0.4, -0.2) is 39.7 Å². The van der Waals surface area contributed by atoms with E-state index in [1.807, 2.05) is 0 Å². The molecule has 2 N–H and O–H groups in total. The highest BCUT2D eigenvalue weighted by atomic mass is 35.5. The molecule has 0 saturated carbocycles. The van der Waals surface area contributed by atoms with Gasteiger partial charge in [0, 0.05) is 25.0 Å². The van der Waals surface area contributed by atoms with Crippen LogP contribution in [0.5, 0.6) is 0 Å². The zero-order chi connectivity index (χ0) is 14.3. The van der Waals surface area contributed by atoms with Crippen molar-refractivity contribution >= 4 is 29.2 Å². The molecule has 1 rings (SSSR count). The zero-order valence-electron chi connectivity index (χ0n) is 9.87. The number of hydrogen-bond donors (Lipinski definition) is 2. The predicted octanol–water partition coefficient (Wildman–Crippen LogP) is 2.68. The van der Waals surface area contributed by atoms with Crippen LogP contribution in [-0.2, 0) is 6.18 Å². The average molecular weight is 316 g/mol. The molecule has 1 aromatic rings. The van der Waals surface area contributed by atoms with E-state index in [-0.39, 0.29) is 17.6 Å². The second-order valence-electron chi connectivity index (χ2n) is 3.51. The Morgan fingerprint density at radius 2 is 2.05 bits per heavy atom. The normalized spacial score (nSPS) is 11.6. The minimum absolute atomic E-state index is 0.0510. The summed E-state index contributed by atoms with van der Waals surface area (Å²) in [5.41, 5.74) is 0. The van der Waals surface area contributed by atoms with Crippen LogP contribution in [0.3, 0.4) is 0 Å². The highest BCUT2D eigenvalue weighted by Gasteiger charge is 2.35. The van der Waals surface area contributed by atoms with Crippen molar-refractivity contribution in [3.8, 4) is 0 Å². The number of aliphatic hydroxyl groups is 1. The minimum atomic E-state index is -4.61. The molecule has 4 nitrogen and oxygen atoms in total. The highest BCUT2D eigenvalue weighted by molar-refractivity contribution is 7.99. The predicted molar refractivity (Wildman–Crippen MR) is 69.6 cm³/mol. The van der Waals surface area contributed by atoms with Gasteiger partial charge in [-0.05, 0) is 12.2 Å². The molecule has 0 aliphatic carbocycles. The number of anilines is 1. The van der Waals surface area contributed by atoms with E-state index in [1.54, 1.807) is 11.8 Å². The van der Waals surface area contributed by atoms with Crippen molar-refractivity contribution < 1.29 is 18.3 Å². The minimum Gasteiger partial charge on any atom is -0.396 e. The summed E-state index contributed by atoms with van der Waals surface area (Å²) in [5.74, 6) is 0.296. The molecular formula is C10H13ClF3N3OS. The van der Waals surface area contributed by atoms with Crippen LogP contribution in [0.2, 0.25) is 5.15 Å². The number of nitrogens with one attached hydrogen (secondary N) is 1. The van der Waals surface area contributed by atoms with E-state index in [0.717, 1.165) is 5.75 Å². The molecule has 19 heavy (non-hydrogen) atoms. The van der Waals surface area contributed by atoms with Crippen LogP contribution in [0.25, 0.3) is 0 Å². The summed E-state index contributed by atoms with van der Waals surface area (Å²) in [7, 11) is 0. The summed E-state index contributed by atoms with van der Waals surface area (Å²) >= 11 is 7.10. The molecular weight excluding hydrogens is 303 g/mol. The Kier molecular flexibility index (Phi) is 6.67. The Bertz CT molecular complexity index is 406. The first-order valence-corrected chi connectivity index (χ1v) is 7.01. The second kappa shape index (κ2) is 7.76. The van der Waals surface area contributed by atoms with Crippen LogP contribution in [0.15, 0.2) is 6.07 Å². The van der Waals surface area contributed by atoms with Gasteiger partial charge in [0.05, 0.1) is 0 Å². The molecule has 9 heteroatoms. The standard InChI is InChI=1S/C10H13ClF3N3OS/c11-7-6-8(15-2-5-19-4-1-3-18)17-9(16-7)10(12,13)14/h6,18H,1-5H2,(H,15,16,17). The average Bonchev–Trinajstić information content (AvgIpc) is 2.32. The van der Waals surface area contributed by atoms with Crippen molar-refractivity contribution in [2.24, 2.45) is 0 Å². The van der Waals surface area contributed by atoms with Crippen molar-refractivity contribution in [2.75, 3.05) is 30.0 Å². The SMILES string of the molecule is OCCCSCCNc1cc(Cl)nc(C(F)(F)F)n1. The first-order valence-electron chi connectivity index (χ1n) is 5.47. The largest absolute Gasteiger partial charge is 0.451 e. The maximum Gasteiger partial charge on any atom is 0.451 e. The van der Waals surface area contributed by atoms with Gasteiger partial charge in [0.2, 0.25) is 5.82 Å². The van der Waals surface area contributed by atoms with E-state index in [1.165, 1.54) is 6.07 Å². The van der Waals surface area contributed by atoms with Crippen LogP contribution >= 0.6 is 23.4 Å². The first-order chi connectivity index (χ1) is 8.93. The summed E-state index contributed by atoms with van der Waals surface area (Å²) < 4.78 is 37.3. The monoisotopic (exact) mass is 315 g/mol. The molecule has 0 spiro atoms. The molecule has 0 bridgehead atoms. The second-order valence-corrected chi connectivity index (χ2v) is 5.13. The lowest BCUT2D eigenvalue weighted by molar-refractivity contribution is -0.144. The number of thioether (sulfide) groups is 1. The number of hydrogen-bond acceptors (Lipinski definition) is 5. The lowest BCUT2D eigenvalue weighted by Gasteiger charge is -2.09. The van der Waals surface area contributed by atoms with Crippen LogP contribution in [0.4, 0.5) is 19.0 Å². The molecule has 0 atom stereocenters. The van der Waals surface area contributed by atoms with Gasteiger partial charge >= 0.3 is 6.18 Å². The van der Waals surface area contributed by atoms with E-state index in [0.29, 0.717) is 18.7 Å². The van der Waals surface area contributed by atoms with Crippen molar-refractivity contribution in [2.45, 2.75) is 12.6 Å². The Labute approximate surface area is 117 Å². The van der Waals surface area contributed by atoms with Crippen LogP contribution in [0, 0.1) is 0 Å². The molecule has 0 radical (unpaired) electrons. The number of alkyl halides is 3. The van der Waals surface area contributed by atoms with Crippen molar-refractivity contribution in [1.29, 1.82) is 0 Å². The molecule has 1 heterocycles. The number of aliphatic hydroxyl groups excluding tert-OH is 1. The summed E-state index contributed by atoms with van der Waals surface area (Å²) in [5, 5.41) is 11.1. The van der Waals surface area contributed by atoms with Gasteiger partial charge in [-0.15, -0.1) is 0 Å². The Morgan fingerprint density at radius 3 is 2.68 bits per heavy atom. The smallest absolute Gasteiger partial charge is 0.396 e. The fraction of sp³-hybridized carbons (Fsp3) is 0.600. The highest BCUT2D eigenvalue weighted by Crippen LogP contribution is 2.28. The van der Waals surface area contributed by atoms with E-state index >= 15 is 0 Å². The fourth-order valence-corrected chi connectivity index (χ4v) is 2.12. The molecule has 0 aliphatic heterocycles. The van der Waals surface area contributed by atoms with Gasteiger partial charge in [0.1, 0.15) is 11.0 Å².